The minimum Gasteiger partial charge on any atom is -0.508 e. The highest BCUT2D eigenvalue weighted by Gasteiger charge is 2.26. The number of aromatic hydroxyl groups is 1. The Balaban J connectivity index is 1.97. The quantitative estimate of drug-likeness (QED) is 0.749. The molecule has 0 unspecified atom stereocenters. The number of phenols is 1. The molecule has 0 saturated carbocycles. The maximum atomic E-state index is 12.2. The highest BCUT2D eigenvalue weighted by molar-refractivity contribution is 5.98. The van der Waals surface area contributed by atoms with Gasteiger partial charge < -0.3 is 10.0 Å². The van der Waals surface area contributed by atoms with E-state index in [4.69, 9.17) is 0 Å². The van der Waals surface area contributed by atoms with Gasteiger partial charge in [-0.2, -0.15) is 0 Å². The number of ketones is 1. The number of benzene rings is 2. The zero-order chi connectivity index (χ0) is 16.0. The SMILES string of the molecule is Cc1nc(N2CC(=O)Cc3cc(O)ccc32)c2ccccc2n1. The second-order valence-corrected chi connectivity index (χ2v) is 5.73. The Hall–Kier alpha value is -2.95. The summed E-state index contributed by atoms with van der Waals surface area (Å²) in [6, 6.07) is 12.9. The monoisotopic (exact) mass is 305 g/mol. The van der Waals surface area contributed by atoms with Crippen LogP contribution < -0.4 is 4.90 Å². The number of hydrogen-bond donors (Lipinski definition) is 1. The lowest BCUT2D eigenvalue weighted by molar-refractivity contribution is -0.117. The van der Waals surface area contributed by atoms with Crippen LogP contribution in [0.5, 0.6) is 5.75 Å². The molecule has 5 heteroatoms. The molecule has 2 aromatic carbocycles. The third kappa shape index (κ3) is 2.30. The van der Waals surface area contributed by atoms with Crippen LogP contribution in [0.15, 0.2) is 42.5 Å². The van der Waals surface area contributed by atoms with Crippen LogP contribution >= 0.6 is 0 Å². The van der Waals surface area contributed by atoms with E-state index in [0.717, 1.165) is 28.0 Å². The van der Waals surface area contributed by atoms with E-state index in [9.17, 15) is 9.90 Å². The number of nitrogens with zero attached hydrogens (tertiary/aromatic N) is 3. The normalized spacial score (nSPS) is 14.1. The summed E-state index contributed by atoms with van der Waals surface area (Å²) in [5, 5.41) is 10.6. The lowest BCUT2D eigenvalue weighted by atomic mass is 10.00. The average molecular weight is 305 g/mol. The molecule has 114 valence electrons. The number of carbonyl (C=O) groups excluding carboxylic acids is 1. The Labute approximate surface area is 133 Å². The predicted octanol–water partition coefficient (Wildman–Crippen LogP) is 2.91. The molecule has 0 aliphatic carbocycles. The van der Waals surface area contributed by atoms with Gasteiger partial charge in [0.2, 0.25) is 0 Å². The van der Waals surface area contributed by atoms with Gasteiger partial charge in [-0.05, 0) is 42.8 Å². The summed E-state index contributed by atoms with van der Waals surface area (Å²) in [5.74, 6) is 1.66. The molecule has 3 aromatic rings. The maximum Gasteiger partial charge on any atom is 0.157 e. The topological polar surface area (TPSA) is 66.3 Å². The minimum atomic E-state index is 0.100. The molecule has 2 heterocycles. The Morgan fingerprint density at radius 2 is 1.96 bits per heavy atom. The molecule has 4 rings (SSSR count). The standard InChI is InChI=1S/C18H15N3O2/c1-11-19-16-5-3-2-4-15(16)18(20-11)21-10-14(23)9-12-8-13(22)6-7-17(12)21/h2-8,22H,9-10H2,1H3. The first-order valence-electron chi connectivity index (χ1n) is 7.46. The summed E-state index contributed by atoms with van der Waals surface area (Å²) in [5.41, 5.74) is 2.58. The number of Topliss-reactive ketones (excluding diaryl/α,β-unsaturated/α-hetero) is 1. The molecule has 0 bridgehead atoms. The van der Waals surface area contributed by atoms with E-state index in [1.165, 1.54) is 0 Å². The number of anilines is 2. The summed E-state index contributed by atoms with van der Waals surface area (Å²) >= 11 is 0. The van der Waals surface area contributed by atoms with E-state index >= 15 is 0 Å². The van der Waals surface area contributed by atoms with E-state index < -0.39 is 0 Å². The van der Waals surface area contributed by atoms with E-state index in [1.54, 1.807) is 12.1 Å². The first-order valence-corrected chi connectivity index (χ1v) is 7.46. The highest BCUT2D eigenvalue weighted by Crippen LogP contribution is 2.36. The largest absolute Gasteiger partial charge is 0.508 e. The lowest BCUT2D eigenvalue weighted by Gasteiger charge is -2.30. The fraction of sp³-hybridized carbons (Fsp3) is 0.167. The number of phenolic OH excluding ortho intramolecular Hbond substituents is 1. The number of aryl methyl sites for hydroxylation is 1. The molecule has 0 spiro atoms. The second kappa shape index (κ2) is 5.05. The number of para-hydroxylation sites is 1. The van der Waals surface area contributed by atoms with Gasteiger partial charge in [-0.15, -0.1) is 0 Å². The fourth-order valence-corrected chi connectivity index (χ4v) is 3.07. The summed E-state index contributed by atoms with van der Waals surface area (Å²) < 4.78 is 0. The smallest absolute Gasteiger partial charge is 0.157 e. The number of rotatable bonds is 1. The first kappa shape index (κ1) is 13.7. The number of carbonyl (C=O) groups is 1. The van der Waals surface area contributed by atoms with Crippen molar-refractivity contribution >= 4 is 28.2 Å². The van der Waals surface area contributed by atoms with E-state index in [1.807, 2.05) is 42.2 Å². The van der Waals surface area contributed by atoms with Gasteiger partial charge in [0.15, 0.2) is 5.78 Å². The van der Waals surface area contributed by atoms with Crippen LogP contribution in [0, 0.1) is 6.92 Å². The van der Waals surface area contributed by atoms with Gasteiger partial charge >= 0.3 is 0 Å². The molecular weight excluding hydrogens is 290 g/mol. The summed E-state index contributed by atoms with van der Waals surface area (Å²) in [6.45, 7) is 2.12. The zero-order valence-corrected chi connectivity index (χ0v) is 12.7. The van der Waals surface area contributed by atoms with Crippen molar-refractivity contribution in [2.75, 3.05) is 11.4 Å². The third-order valence-corrected chi connectivity index (χ3v) is 4.03. The van der Waals surface area contributed by atoms with E-state index in [0.29, 0.717) is 12.2 Å². The van der Waals surface area contributed by atoms with Crippen molar-refractivity contribution in [3.63, 3.8) is 0 Å². The van der Waals surface area contributed by atoms with Gasteiger partial charge in [-0.25, -0.2) is 9.97 Å². The predicted molar refractivity (Wildman–Crippen MR) is 88.1 cm³/mol. The molecule has 23 heavy (non-hydrogen) atoms. The van der Waals surface area contributed by atoms with Crippen molar-refractivity contribution in [2.45, 2.75) is 13.3 Å². The third-order valence-electron chi connectivity index (χ3n) is 4.03. The van der Waals surface area contributed by atoms with Crippen molar-refractivity contribution in [1.29, 1.82) is 0 Å². The molecule has 1 aliphatic rings. The molecular formula is C18H15N3O2. The molecule has 0 amide bonds. The summed E-state index contributed by atoms with van der Waals surface area (Å²) in [7, 11) is 0. The number of hydrogen-bond acceptors (Lipinski definition) is 5. The van der Waals surface area contributed by atoms with Crippen LogP contribution in [0.2, 0.25) is 0 Å². The van der Waals surface area contributed by atoms with Gasteiger partial charge in [0.25, 0.3) is 0 Å². The Morgan fingerprint density at radius 1 is 1.13 bits per heavy atom. The molecule has 1 aliphatic heterocycles. The van der Waals surface area contributed by atoms with Crippen LogP contribution in [0.1, 0.15) is 11.4 Å². The van der Waals surface area contributed by atoms with Gasteiger partial charge in [0, 0.05) is 17.5 Å². The Morgan fingerprint density at radius 3 is 2.83 bits per heavy atom. The van der Waals surface area contributed by atoms with Gasteiger partial charge in [0.1, 0.15) is 17.4 Å². The Bertz CT molecular complexity index is 937. The van der Waals surface area contributed by atoms with Crippen molar-refractivity contribution in [3.05, 3.63) is 53.9 Å². The zero-order valence-electron chi connectivity index (χ0n) is 12.7. The molecule has 0 fully saturated rings. The van der Waals surface area contributed by atoms with Crippen LogP contribution in [0.3, 0.4) is 0 Å². The van der Waals surface area contributed by atoms with Gasteiger partial charge in [-0.3, -0.25) is 4.79 Å². The van der Waals surface area contributed by atoms with Crippen molar-refractivity contribution in [3.8, 4) is 5.75 Å². The average Bonchev–Trinajstić information content (AvgIpc) is 2.52. The van der Waals surface area contributed by atoms with Crippen molar-refractivity contribution < 1.29 is 9.90 Å². The van der Waals surface area contributed by atoms with Gasteiger partial charge in [0.05, 0.1) is 12.1 Å². The first-order chi connectivity index (χ1) is 11.1. The van der Waals surface area contributed by atoms with Crippen LogP contribution in [0.4, 0.5) is 11.5 Å². The molecule has 0 saturated heterocycles. The van der Waals surface area contributed by atoms with Crippen LogP contribution in [-0.4, -0.2) is 27.4 Å². The maximum absolute atomic E-state index is 12.2. The van der Waals surface area contributed by atoms with Crippen molar-refractivity contribution in [1.82, 2.24) is 9.97 Å². The van der Waals surface area contributed by atoms with Crippen LogP contribution in [-0.2, 0) is 11.2 Å². The van der Waals surface area contributed by atoms with Crippen molar-refractivity contribution in [2.24, 2.45) is 0 Å². The van der Waals surface area contributed by atoms with Crippen LogP contribution in [0.25, 0.3) is 10.9 Å². The molecule has 1 N–H and O–H groups in total. The van der Waals surface area contributed by atoms with E-state index in [-0.39, 0.29) is 18.1 Å². The van der Waals surface area contributed by atoms with Gasteiger partial charge in [-0.1, -0.05) is 12.1 Å². The number of aromatic nitrogens is 2. The lowest BCUT2D eigenvalue weighted by Crippen LogP contribution is -2.32. The second-order valence-electron chi connectivity index (χ2n) is 5.73. The highest BCUT2D eigenvalue weighted by atomic mass is 16.3. The fourth-order valence-electron chi connectivity index (χ4n) is 3.07. The molecule has 0 radical (unpaired) electrons. The molecule has 5 nitrogen and oxygen atoms in total. The number of fused-ring (bicyclic) bond motifs is 2. The van der Waals surface area contributed by atoms with E-state index in [2.05, 4.69) is 9.97 Å². The summed E-state index contributed by atoms with van der Waals surface area (Å²) in [4.78, 5) is 23.1. The molecule has 0 atom stereocenters. The Kier molecular flexibility index (Phi) is 3.01. The molecule has 1 aromatic heterocycles. The minimum absolute atomic E-state index is 0.100. The summed E-state index contributed by atoms with van der Waals surface area (Å²) in [6.07, 6.45) is 0.336.